The van der Waals surface area contributed by atoms with E-state index in [0.717, 1.165) is 11.1 Å². The number of ether oxygens (including phenoxy) is 1. The molecule has 0 radical (unpaired) electrons. The first-order valence-electron chi connectivity index (χ1n) is 6.59. The molecular formula is C17H14O3. The van der Waals surface area contributed by atoms with Crippen molar-refractivity contribution in [3.05, 3.63) is 60.2 Å². The number of Topliss-reactive ketones (excluding diaryl/α,β-unsaturated/α-hetero) is 1. The van der Waals surface area contributed by atoms with Crippen molar-refractivity contribution < 1.29 is 14.3 Å². The molecule has 0 aliphatic carbocycles. The molecule has 1 unspecified atom stereocenters. The molecule has 0 amide bonds. The van der Waals surface area contributed by atoms with Gasteiger partial charge in [0.25, 0.3) is 0 Å². The van der Waals surface area contributed by atoms with E-state index in [0.29, 0.717) is 5.56 Å². The Labute approximate surface area is 117 Å². The van der Waals surface area contributed by atoms with Crippen LogP contribution < -0.4 is 0 Å². The highest BCUT2D eigenvalue weighted by Crippen LogP contribution is 2.23. The first-order chi connectivity index (χ1) is 9.74. The zero-order chi connectivity index (χ0) is 13.9. The van der Waals surface area contributed by atoms with Gasteiger partial charge in [-0.2, -0.15) is 0 Å². The van der Waals surface area contributed by atoms with Gasteiger partial charge < -0.3 is 4.74 Å². The number of hydrogen-bond donors (Lipinski definition) is 0. The minimum absolute atomic E-state index is 0.0181. The van der Waals surface area contributed by atoms with Crippen LogP contribution in [0.15, 0.2) is 54.6 Å². The highest BCUT2D eigenvalue weighted by molar-refractivity contribution is 6.00. The van der Waals surface area contributed by atoms with Gasteiger partial charge in [-0.1, -0.05) is 54.6 Å². The number of benzene rings is 2. The van der Waals surface area contributed by atoms with Gasteiger partial charge in [0.15, 0.2) is 5.78 Å². The van der Waals surface area contributed by atoms with Crippen LogP contribution in [-0.2, 0) is 9.53 Å². The molecule has 1 fully saturated rings. The van der Waals surface area contributed by atoms with E-state index in [1.54, 1.807) is 0 Å². The lowest BCUT2D eigenvalue weighted by Gasteiger charge is -2.07. The molecular weight excluding hydrogens is 252 g/mol. The van der Waals surface area contributed by atoms with E-state index in [2.05, 4.69) is 0 Å². The average Bonchev–Trinajstić information content (AvgIpc) is 2.94. The molecule has 3 nitrogen and oxygen atoms in total. The van der Waals surface area contributed by atoms with Gasteiger partial charge in [-0.25, -0.2) is 0 Å². The molecule has 20 heavy (non-hydrogen) atoms. The monoisotopic (exact) mass is 266 g/mol. The standard InChI is InChI=1S/C17H14O3/c18-16-10-15(11-20-16)17(19)14-8-6-13(7-9-14)12-4-2-1-3-5-12/h1-9,15H,10-11H2. The second-order valence-corrected chi connectivity index (χ2v) is 4.89. The summed E-state index contributed by atoms with van der Waals surface area (Å²) < 4.78 is 4.84. The van der Waals surface area contributed by atoms with Gasteiger partial charge in [-0.05, 0) is 11.1 Å². The molecule has 0 N–H and O–H groups in total. The summed E-state index contributed by atoms with van der Waals surface area (Å²) in [5.74, 6) is -0.634. The van der Waals surface area contributed by atoms with Crippen molar-refractivity contribution in [3.63, 3.8) is 0 Å². The number of carbonyl (C=O) groups excluding carboxylic acids is 2. The van der Waals surface area contributed by atoms with Crippen molar-refractivity contribution >= 4 is 11.8 Å². The molecule has 0 saturated carbocycles. The van der Waals surface area contributed by atoms with Gasteiger partial charge in [0.1, 0.15) is 6.61 Å². The fraction of sp³-hybridized carbons (Fsp3) is 0.176. The summed E-state index contributed by atoms with van der Waals surface area (Å²) in [6.07, 6.45) is 0.194. The van der Waals surface area contributed by atoms with Crippen LogP contribution in [0.25, 0.3) is 11.1 Å². The minimum atomic E-state index is -0.329. The Hall–Kier alpha value is -2.42. The molecule has 0 aromatic heterocycles. The topological polar surface area (TPSA) is 43.4 Å². The second-order valence-electron chi connectivity index (χ2n) is 4.89. The summed E-state index contributed by atoms with van der Waals surface area (Å²) in [5, 5.41) is 0. The fourth-order valence-electron chi connectivity index (χ4n) is 2.37. The molecule has 2 aromatic rings. The maximum atomic E-state index is 12.2. The van der Waals surface area contributed by atoms with Crippen LogP contribution in [0.2, 0.25) is 0 Å². The van der Waals surface area contributed by atoms with E-state index in [-0.39, 0.29) is 30.7 Å². The molecule has 1 heterocycles. The first kappa shape index (κ1) is 12.6. The molecule has 3 rings (SSSR count). The van der Waals surface area contributed by atoms with Crippen molar-refractivity contribution in [1.82, 2.24) is 0 Å². The van der Waals surface area contributed by atoms with Gasteiger partial charge >= 0.3 is 5.97 Å². The second kappa shape index (κ2) is 5.29. The molecule has 1 aliphatic heterocycles. The van der Waals surface area contributed by atoms with Crippen molar-refractivity contribution in [2.75, 3.05) is 6.61 Å². The van der Waals surface area contributed by atoms with Crippen molar-refractivity contribution in [2.24, 2.45) is 5.92 Å². The molecule has 3 heteroatoms. The Morgan fingerprint density at radius 2 is 1.60 bits per heavy atom. The fourth-order valence-corrected chi connectivity index (χ4v) is 2.37. The Morgan fingerprint density at radius 3 is 2.20 bits per heavy atom. The first-order valence-corrected chi connectivity index (χ1v) is 6.59. The van der Waals surface area contributed by atoms with E-state index < -0.39 is 0 Å². The quantitative estimate of drug-likeness (QED) is 0.633. The van der Waals surface area contributed by atoms with Crippen LogP contribution >= 0.6 is 0 Å². The lowest BCUT2D eigenvalue weighted by atomic mass is 9.95. The Balaban J connectivity index is 1.79. The molecule has 100 valence electrons. The van der Waals surface area contributed by atoms with E-state index in [9.17, 15) is 9.59 Å². The summed E-state index contributed by atoms with van der Waals surface area (Å²) in [6.45, 7) is 0.206. The van der Waals surface area contributed by atoms with Gasteiger partial charge in [-0.3, -0.25) is 9.59 Å². The van der Waals surface area contributed by atoms with Crippen LogP contribution in [0.1, 0.15) is 16.8 Å². The summed E-state index contributed by atoms with van der Waals surface area (Å²) in [6, 6.07) is 17.5. The molecule has 2 aromatic carbocycles. The van der Waals surface area contributed by atoms with E-state index in [4.69, 9.17) is 4.74 Å². The van der Waals surface area contributed by atoms with E-state index >= 15 is 0 Å². The highest BCUT2D eigenvalue weighted by atomic mass is 16.5. The number of carbonyl (C=O) groups is 2. The normalized spacial score (nSPS) is 17.8. The zero-order valence-corrected chi connectivity index (χ0v) is 10.9. The van der Waals surface area contributed by atoms with Gasteiger partial charge in [0, 0.05) is 5.56 Å². The minimum Gasteiger partial charge on any atom is -0.465 e. The van der Waals surface area contributed by atoms with Crippen molar-refractivity contribution in [1.29, 1.82) is 0 Å². The van der Waals surface area contributed by atoms with Gasteiger partial charge in [0.2, 0.25) is 0 Å². The lowest BCUT2D eigenvalue weighted by Crippen LogP contribution is -2.14. The van der Waals surface area contributed by atoms with E-state index in [1.807, 2.05) is 54.6 Å². The van der Waals surface area contributed by atoms with Crippen molar-refractivity contribution in [3.8, 4) is 11.1 Å². The van der Waals surface area contributed by atoms with Crippen molar-refractivity contribution in [2.45, 2.75) is 6.42 Å². The Morgan fingerprint density at radius 1 is 0.950 bits per heavy atom. The van der Waals surface area contributed by atoms with Crippen LogP contribution in [0.3, 0.4) is 0 Å². The zero-order valence-electron chi connectivity index (χ0n) is 10.9. The number of rotatable bonds is 3. The molecule has 0 bridgehead atoms. The predicted molar refractivity (Wildman–Crippen MR) is 75.3 cm³/mol. The van der Waals surface area contributed by atoms with Gasteiger partial charge in [0.05, 0.1) is 12.3 Å². The SMILES string of the molecule is O=C1CC(C(=O)c2ccc(-c3ccccc3)cc2)CO1. The third kappa shape index (κ3) is 2.48. The summed E-state index contributed by atoms with van der Waals surface area (Å²) >= 11 is 0. The third-order valence-electron chi connectivity index (χ3n) is 3.51. The molecule has 1 atom stereocenters. The Kier molecular flexibility index (Phi) is 3.33. The smallest absolute Gasteiger partial charge is 0.306 e. The number of hydrogen-bond acceptors (Lipinski definition) is 3. The largest absolute Gasteiger partial charge is 0.465 e. The summed E-state index contributed by atoms with van der Waals surface area (Å²) in [4.78, 5) is 23.3. The summed E-state index contributed by atoms with van der Waals surface area (Å²) in [5.41, 5.74) is 2.82. The lowest BCUT2D eigenvalue weighted by molar-refractivity contribution is -0.137. The number of esters is 1. The Bertz CT molecular complexity index is 629. The van der Waals surface area contributed by atoms with Crippen LogP contribution in [0, 0.1) is 5.92 Å². The maximum Gasteiger partial charge on any atom is 0.306 e. The van der Waals surface area contributed by atoms with Crippen LogP contribution in [0.4, 0.5) is 0 Å². The molecule has 1 aliphatic rings. The average molecular weight is 266 g/mol. The molecule has 1 saturated heterocycles. The maximum absolute atomic E-state index is 12.2. The highest BCUT2D eigenvalue weighted by Gasteiger charge is 2.30. The predicted octanol–water partition coefficient (Wildman–Crippen LogP) is 3.10. The van der Waals surface area contributed by atoms with Crippen LogP contribution in [-0.4, -0.2) is 18.4 Å². The number of cyclic esters (lactones) is 1. The number of ketones is 1. The van der Waals surface area contributed by atoms with E-state index in [1.165, 1.54) is 0 Å². The summed E-state index contributed by atoms with van der Waals surface area (Å²) in [7, 11) is 0. The van der Waals surface area contributed by atoms with Crippen LogP contribution in [0.5, 0.6) is 0 Å². The molecule has 0 spiro atoms. The van der Waals surface area contributed by atoms with Gasteiger partial charge in [-0.15, -0.1) is 0 Å². The third-order valence-corrected chi connectivity index (χ3v) is 3.51.